The van der Waals surface area contributed by atoms with Crippen LogP contribution in [0.4, 0.5) is 0 Å². The van der Waals surface area contributed by atoms with Crippen molar-refractivity contribution in [2.45, 2.75) is 6.10 Å². The first-order valence-electron chi connectivity index (χ1n) is 3.78. The highest BCUT2D eigenvalue weighted by atomic mass is 35.5. The predicted molar refractivity (Wildman–Crippen MR) is 56.2 cm³/mol. The lowest BCUT2D eigenvalue weighted by Gasteiger charge is -2.12. The van der Waals surface area contributed by atoms with E-state index in [0.29, 0.717) is 15.6 Å². The predicted octanol–water partition coefficient (Wildman–Crippen LogP) is 3.11. The highest BCUT2D eigenvalue weighted by molar-refractivity contribution is 6.36. The Morgan fingerprint density at radius 3 is 2.36 bits per heavy atom. The van der Waals surface area contributed by atoms with Crippen LogP contribution in [0, 0.1) is 11.3 Å². The van der Waals surface area contributed by atoms with Crippen LogP contribution in [-0.4, -0.2) is 5.11 Å². The molecule has 1 aromatic rings. The first-order chi connectivity index (χ1) is 6.57. The van der Waals surface area contributed by atoms with Crippen molar-refractivity contribution in [2.24, 2.45) is 0 Å². The molecule has 72 valence electrons. The van der Waals surface area contributed by atoms with Gasteiger partial charge in [0.05, 0.1) is 11.6 Å². The van der Waals surface area contributed by atoms with Gasteiger partial charge in [-0.15, -0.1) is 0 Å². The van der Waals surface area contributed by atoms with Crippen LogP contribution < -0.4 is 0 Å². The number of hydrogen-bond acceptors (Lipinski definition) is 2. The molecule has 0 fully saturated rings. The number of nitrogens with zero attached hydrogens (tertiary/aromatic N) is 1. The third-order valence-corrected chi connectivity index (χ3v) is 2.41. The third-order valence-electron chi connectivity index (χ3n) is 1.75. The maximum Gasteiger partial charge on any atom is 0.116 e. The molecule has 0 saturated carbocycles. The molecule has 0 bridgehead atoms. The van der Waals surface area contributed by atoms with E-state index in [4.69, 9.17) is 28.5 Å². The van der Waals surface area contributed by atoms with Gasteiger partial charge in [-0.05, 0) is 12.1 Å². The zero-order valence-electron chi connectivity index (χ0n) is 7.17. The van der Waals surface area contributed by atoms with Crippen molar-refractivity contribution in [3.05, 3.63) is 46.0 Å². The summed E-state index contributed by atoms with van der Waals surface area (Å²) in [6.07, 6.45) is -1.14. The van der Waals surface area contributed by atoms with Gasteiger partial charge in [-0.3, -0.25) is 0 Å². The number of aliphatic hydroxyl groups is 1. The van der Waals surface area contributed by atoms with Crippen molar-refractivity contribution in [1.29, 1.82) is 5.26 Å². The second kappa shape index (κ2) is 4.47. The van der Waals surface area contributed by atoms with E-state index in [2.05, 4.69) is 6.58 Å². The Kier molecular flexibility index (Phi) is 3.54. The summed E-state index contributed by atoms with van der Waals surface area (Å²) in [5, 5.41) is 18.9. The summed E-state index contributed by atoms with van der Waals surface area (Å²) in [6.45, 7) is 3.40. The van der Waals surface area contributed by atoms with E-state index in [-0.39, 0.29) is 5.57 Å². The summed E-state index contributed by atoms with van der Waals surface area (Å²) < 4.78 is 0. The summed E-state index contributed by atoms with van der Waals surface area (Å²) in [5.74, 6) is 0. The molecule has 0 aliphatic carbocycles. The van der Waals surface area contributed by atoms with Crippen LogP contribution in [-0.2, 0) is 0 Å². The third kappa shape index (κ3) is 2.08. The second-order valence-electron chi connectivity index (χ2n) is 2.67. The van der Waals surface area contributed by atoms with E-state index >= 15 is 0 Å². The van der Waals surface area contributed by atoms with E-state index in [1.807, 2.05) is 0 Å². The lowest BCUT2D eigenvalue weighted by molar-refractivity contribution is 0.221. The van der Waals surface area contributed by atoms with Gasteiger partial charge in [0.15, 0.2) is 0 Å². The van der Waals surface area contributed by atoms with Gasteiger partial charge < -0.3 is 5.11 Å². The Balaban J connectivity index is 3.20. The van der Waals surface area contributed by atoms with Crippen LogP contribution in [0.2, 0.25) is 10.0 Å². The molecular weight excluding hydrogens is 221 g/mol. The van der Waals surface area contributed by atoms with Crippen molar-refractivity contribution in [1.82, 2.24) is 0 Å². The number of hydrogen-bond donors (Lipinski definition) is 1. The van der Waals surface area contributed by atoms with Gasteiger partial charge in [-0.2, -0.15) is 5.26 Å². The molecule has 0 amide bonds. The van der Waals surface area contributed by atoms with E-state index in [1.54, 1.807) is 24.3 Å². The topological polar surface area (TPSA) is 44.0 Å². The normalized spacial score (nSPS) is 11.9. The molecule has 0 spiro atoms. The molecule has 0 saturated heterocycles. The SMILES string of the molecule is C=C(C#N)C(O)c1c(Cl)cccc1Cl. The zero-order valence-corrected chi connectivity index (χ0v) is 8.68. The highest BCUT2D eigenvalue weighted by Crippen LogP contribution is 2.33. The molecule has 0 aromatic heterocycles. The maximum atomic E-state index is 9.66. The summed E-state index contributed by atoms with van der Waals surface area (Å²) in [4.78, 5) is 0. The highest BCUT2D eigenvalue weighted by Gasteiger charge is 2.17. The second-order valence-corrected chi connectivity index (χ2v) is 3.49. The van der Waals surface area contributed by atoms with E-state index in [1.165, 1.54) is 0 Å². The maximum absolute atomic E-state index is 9.66. The fourth-order valence-corrected chi connectivity index (χ4v) is 1.61. The molecule has 1 unspecified atom stereocenters. The van der Waals surface area contributed by atoms with Crippen molar-refractivity contribution in [2.75, 3.05) is 0 Å². The quantitative estimate of drug-likeness (QED) is 0.790. The van der Waals surface area contributed by atoms with Gasteiger partial charge in [-0.25, -0.2) is 0 Å². The number of nitriles is 1. The van der Waals surface area contributed by atoms with Crippen LogP contribution in [0.5, 0.6) is 0 Å². The lowest BCUT2D eigenvalue weighted by atomic mass is 10.0. The Bertz CT molecular complexity index is 389. The Labute approximate surface area is 92.0 Å². The first-order valence-corrected chi connectivity index (χ1v) is 4.54. The lowest BCUT2D eigenvalue weighted by Crippen LogP contribution is -2.00. The van der Waals surface area contributed by atoms with Gasteiger partial charge in [0.2, 0.25) is 0 Å². The minimum Gasteiger partial charge on any atom is -0.383 e. The van der Waals surface area contributed by atoms with Crippen LogP contribution in [0.1, 0.15) is 11.7 Å². The van der Waals surface area contributed by atoms with E-state index in [0.717, 1.165) is 0 Å². The molecule has 4 heteroatoms. The average Bonchev–Trinajstić information content (AvgIpc) is 2.16. The van der Waals surface area contributed by atoms with Crippen molar-refractivity contribution in [3.8, 4) is 6.07 Å². The van der Waals surface area contributed by atoms with Gasteiger partial charge in [0.25, 0.3) is 0 Å². The Hall–Kier alpha value is -1.01. The first kappa shape index (κ1) is 11.1. The Morgan fingerprint density at radius 2 is 1.93 bits per heavy atom. The summed E-state index contributed by atoms with van der Waals surface area (Å²) in [6, 6.07) is 6.61. The molecule has 0 radical (unpaired) electrons. The zero-order chi connectivity index (χ0) is 10.7. The van der Waals surface area contributed by atoms with Crippen LogP contribution >= 0.6 is 23.2 Å². The molecule has 1 atom stereocenters. The number of halogens is 2. The fraction of sp³-hybridized carbons (Fsp3) is 0.100. The number of aliphatic hydroxyl groups excluding tert-OH is 1. The van der Waals surface area contributed by atoms with Crippen molar-refractivity contribution < 1.29 is 5.11 Å². The molecule has 0 aliphatic rings. The molecule has 0 heterocycles. The molecular formula is C10H7Cl2NO. The van der Waals surface area contributed by atoms with Gasteiger partial charge in [0, 0.05) is 15.6 Å². The number of benzene rings is 1. The summed E-state index contributed by atoms with van der Waals surface area (Å²) >= 11 is 11.7. The molecule has 2 nitrogen and oxygen atoms in total. The number of rotatable bonds is 2. The Morgan fingerprint density at radius 1 is 1.43 bits per heavy atom. The summed E-state index contributed by atoms with van der Waals surface area (Å²) in [7, 11) is 0. The average molecular weight is 228 g/mol. The summed E-state index contributed by atoms with van der Waals surface area (Å²) in [5.41, 5.74) is 0.336. The largest absolute Gasteiger partial charge is 0.383 e. The minimum atomic E-state index is -1.14. The molecule has 1 rings (SSSR count). The van der Waals surface area contributed by atoms with E-state index in [9.17, 15) is 5.11 Å². The van der Waals surface area contributed by atoms with Crippen LogP contribution in [0.15, 0.2) is 30.4 Å². The van der Waals surface area contributed by atoms with Crippen LogP contribution in [0.25, 0.3) is 0 Å². The standard InChI is InChI=1S/C10H7Cl2NO/c1-6(5-13)10(14)9-7(11)3-2-4-8(9)12/h2-4,10,14H,1H2. The van der Waals surface area contributed by atoms with Gasteiger partial charge in [0.1, 0.15) is 6.10 Å². The molecule has 0 aliphatic heterocycles. The van der Waals surface area contributed by atoms with Crippen molar-refractivity contribution in [3.63, 3.8) is 0 Å². The van der Waals surface area contributed by atoms with Gasteiger partial charge >= 0.3 is 0 Å². The molecule has 1 aromatic carbocycles. The van der Waals surface area contributed by atoms with Crippen molar-refractivity contribution >= 4 is 23.2 Å². The minimum absolute atomic E-state index is 0.0139. The smallest absolute Gasteiger partial charge is 0.116 e. The fourth-order valence-electron chi connectivity index (χ4n) is 1.01. The molecule has 14 heavy (non-hydrogen) atoms. The molecule has 1 N–H and O–H groups in total. The van der Waals surface area contributed by atoms with E-state index < -0.39 is 6.10 Å². The monoisotopic (exact) mass is 227 g/mol. The van der Waals surface area contributed by atoms with Crippen LogP contribution in [0.3, 0.4) is 0 Å². The van der Waals surface area contributed by atoms with Gasteiger partial charge in [-0.1, -0.05) is 35.8 Å².